The number of nitrogens with two attached hydrogens (primary N) is 1. The molecule has 0 aliphatic rings. The van der Waals surface area contributed by atoms with Crippen molar-refractivity contribution in [3.8, 4) is 0 Å². The van der Waals surface area contributed by atoms with Crippen molar-refractivity contribution in [1.82, 2.24) is 0 Å². The smallest absolute Gasteiger partial charge is 0.00873 e. The van der Waals surface area contributed by atoms with Crippen molar-refractivity contribution in [3.05, 3.63) is 57.8 Å². The fraction of sp³-hybridized carbons (Fsp3) is 0.412. The zero-order valence-corrected chi connectivity index (χ0v) is 12.5. The minimum absolute atomic E-state index is 0.298. The largest absolute Gasteiger partial charge is 0.327 e. The van der Waals surface area contributed by atoms with Gasteiger partial charge in [0.15, 0.2) is 0 Å². The number of thiophene rings is 1. The topological polar surface area (TPSA) is 26.0 Å². The van der Waals surface area contributed by atoms with Crippen LogP contribution in [0.5, 0.6) is 0 Å². The van der Waals surface area contributed by atoms with Crippen molar-refractivity contribution < 1.29 is 0 Å². The summed E-state index contributed by atoms with van der Waals surface area (Å²) >= 11 is 1.91. The van der Waals surface area contributed by atoms with Gasteiger partial charge < -0.3 is 5.73 Å². The zero-order chi connectivity index (χ0) is 13.5. The molecule has 1 heterocycles. The van der Waals surface area contributed by atoms with Crippen molar-refractivity contribution in [2.75, 3.05) is 0 Å². The Bertz CT molecular complexity index is 475. The molecule has 2 rings (SSSR count). The second-order valence-electron chi connectivity index (χ2n) is 5.06. The molecule has 0 spiro atoms. The van der Waals surface area contributed by atoms with Crippen LogP contribution < -0.4 is 5.73 Å². The van der Waals surface area contributed by atoms with Gasteiger partial charge in [-0.05, 0) is 49.8 Å². The van der Waals surface area contributed by atoms with Crippen LogP contribution in [0, 0.1) is 0 Å². The lowest BCUT2D eigenvalue weighted by Gasteiger charge is -2.10. The number of rotatable bonds is 7. The molecule has 0 aliphatic carbocycles. The molecule has 1 nitrogen and oxygen atoms in total. The summed E-state index contributed by atoms with van der Waals surface area (Å²) < 4.78 is 0. The van der Waals surface area contributed by atoms with E-state index >= 15 is 0 Å². The van der Waals surface area contributed by atoms with Crippen LogP contribution >= 0.6 is 11.3 Å². The Hall–Kier alpha value is -1.12. The molecule has 1 atom stereocenters. The minimum atomic E-state index is 0.298. The Balaban J connectivity index is 1.71. The maximum Gasteiger partial charge on any atom is 0.00873 e. The number of aryl methyl sites for hydroxylation is 2. The first kappa shape index (κ1) is 14.3. The Morgan fingerprint density at radius 1 is 1.05 bits per heavy atom. The van der Waals surface area contributed by atoms with Crippen LogP contribution in [0.25, 0.3) is 0 Å². The lowest BCUT2D eigenvalue weighted by Crippen LogP contribution is -2.22. The first-order valence-electron chi connectivity index (χ1n) is 7.15. The first-order chi connectivity index (χ1) is 9.28. The summed E-state index contributed by atoms with van der Waals surface area (Å²) in [4.78, 5) is 2.90. The highest BCUT2D eigenvalue weighted by molar-refractivity contribution is 7.11. The predicted octanol–water partition coefficient (Wildman–Crippen LogP) is 4.20. The lowest BCUT2D eigenvalue weighted by atomic mass is 10.0. The van der Waals surface area contributed by atoms with Crippen LogP contribution in [0.3, 0.4) is 0 Å². The van der Waals surface area contributed by atoms with E-state index in [0.717, 1.165) is 25.7 Å². The van der Waals surface area contributed by atoms with Gasteiger partial charge in [-0.1, -0.05) is 37.3 Å². The summed E-state index contributed by atoms with van der Waals surface area (Å²) in [6.07, 6.45) is 5.58. The number of hydrogen-bond donors (Lipinski definition) is 1. The summed E-state index contributed by atoms with van der Waals surface area (Å²) in [5.74, 6) is 0. The van der Waals surface area contributed by atoms with Crippen LogP contribution in [0.4, 0.5) is 0 Å². The molecule has 0 amide bonds. The molecule has 1 aromatic heterocycles. The minimum Gasteiger partial charge on any atom is -0.327 e. The average Bonchev–Trinajstić information content (AvgIpc) is 2.87. The molecule has 1 unspecified atom stereocenters. The summed E-state index contributed by atoms with van der Waals surface area (Å²) in [6.45, 7) is 2.20. The summed E-state index contributed by atoms with van der Waals surface area (Å²) in [6, 6.07) is 15.4. The van der Waals surface area contributed by atoms with E-state index in [2.05, 4.69) is 49.4 Å². The third-order valence-corrected chi connectivity index (χ3v) is 4.66. The van der Waals surface area contributed by atoms with Gasteiger partial charge in [-0.25, -0.2) is 0 Å². The van der Waals surface area contributed by atoms with E-state index in [4.69, 9.17) is 5.73 Å². The summed E-state index contributed by atoms with van der Waals surface area (Å²) in [7, 11) is 0. The van der Waals surface area contributed by atoms with Crippen LogP contribution in [0.2, 0.25) is 0 Å². The number of hydrogen-bond acceptors (Lipinski definition) is 2. The first-order valence-corrected chi connectivity index (χ1v) is 7.96. The van der Waals surface area contributed by atoms with Gasteiger partial charge in [0.25, 0.3) is 0 Å². The Kier molecular flexibility index (Phi) is 5.62. The van der Waals surface area contributed by atoms with Crippen molar-refractivity contribution in [2.45, 2.75) is 45.1 Å². The summed E-state index contributed by atoms with van der Waals surface area (Å²) in [5, 5.41) is 0. The van der Waals surface area contributed by atoms with Gasteiger partial charge in [-0.3, -0.25) is 0 Å². The van der Waals surface area contributed by atoms with Crippen molar-refractivity contribution in [1.29, 1.82) is 0 Å². The van der Waals surface area contributed by atoms with E-state index in [0.29, 0.717) is 6.04 Å². The molecule has 0 fully saturated rings. The van der Waals surface area contributed by atoms with E-state index in [-0.39, 0.29) is 0 Å². The van der Waals surface area contributed by atoms with Gasteiger partial charge in [0.2, 0.25) is 0 Å². The van der Waals surface area contributed by atoms with Crippen LogP contribution in [0.1, 0.15) is 35.1 Å². The highest BCUT2D eigenvalue weighted by atomic mass is 32.1. The molecule has 19 heavy (non-hydrogen) atoms. The van der Waals surface area contributed by atoms with Gasteiger partial charge in [0.1, 0.15) is 0 Å². The Morgan fingerprint density at radius 2 is 1.79 bits per heavy atom. The third kappa shape index (κ3) is 4.81. The van der Waals surface area contributed by atoms with Gasteiger partial charge in [-0.2, -0.15) is 0 Å². The second kappa shape index (κ2) is 7.46. The van der Waals surface area contributed by atoms with Gasteiger partial charge in [0.05, 0.1) is 0 Å². The molecule has 2 heteroatoms. The molecule has 2 N–H and O–H groups in total. The number of benzene rings is 1. The molecule has 0 bridgehead atoms. The quantitative estimate of drug-likeness (QED) is 0.803. The maximum atomic E-state index is 6.23. The molecule has 102 valence electrons. The van der Waals surface area contributed by atoms with E-state index < -0.39 is 0 Å². The van der Waals surface area contributed by atoms with E-state index in [1.54, 1.807) is 0 Å². The van der Waals surface area contributed by atoms with Crippen molar-refractivity contribution in [3.63, 3.8) is 0 Å². The van der Waals surface area contributed by atoms with E-state index in [1.165, 1.54) is 21.7 Å². The normalized spacial score (nSPS) is 12.5. The van der Waals surface area contributed by atoms with Crippen LogP contribution in [-0.2, 0) is 19.3 Å². The average molecular weight is 273 g/mol. The molecule has 2 aromatic rings. The van der Waals surface area contributed by atoms with Gasteiger partial charge in [0, 0.05) is 15.8 Å². The highest BCUT2D eigenvalue weighted by Gasteiger charge is 2.06. The molecule has 0 radical (unpaired) electrons. The fourth-order valence-corrected chi connectivity index (χ4v) is 3.35. The molecular formula is C17H23NS. The van der Waals surface area contributed by atoms with Crippen LogP contribution in [0.15, 0.2) is 42.5 Å². The van der Waals surface area contributed by atoms with Crippen molar-refractivity contribution >= 4 is 11.3 Å². The lowest BCUT2D eigenvalue weighted by molar-refractivity contribution is 0.583. The molecule has 0 saturated heterocycles. The van der Waals surface area contributed by atoms with Gasteiger partial charge >= 0.3 is 0 Å². The standard InChI is InChI=1S/C17H23NS/c1-2-16-11-12-17(19-16)13-15(18)10-6-9-14-7-4-3-5-8-14/h3-5,7-8,11-12,15H,2,6,9-10,13,18H2,1H3. The van der Waals surface area contributed by atoms with Crippen molar-refractivity contribution in [2.24, 2.45) is 5.73 Å². The molecule has 1 aromatic carbocycles. The van der Waals surface area contributed by atoms with Gasteiger partial charge in [-0.15, -0.1) is 11.3 Å². The van der Waals surface area contributed by atoms with Crippen LogP contribution in [-0.4, -0.2) is 6.04 Å². The Morgan fingerprint density at radius 3 is 2.47 bits per heavy atom. The highest BCUT2D eigenvalue weighted by Crippen LogP contribution is 2.19. The monoisotopic (exact) mass is 273 g/mol. The van der Waals surface area contributed by atoms with E-state index in [9.17, 15) is 0 Å². The summed E-state index contributed by atoms with van der Waals surface area (Å²) in [5.41, 5.74) is 7.64. The third-order valence-electron chi connectivity index (χ3n) is 3.41. The maximum absolute atomic E-state index is 6.23. The Labute approximate surface area is 120 Å². The SMILES string of the molecule is CCc1ccc(CC(N)CCCc2ccccc2)s1. The molecular weight excluding hydrogens is 250 g/mol. The molecule has 0 aliphatic heterocycles. The molecule has 0 saturated carbocycles. The zero-order valence-electron chi connectivity index (χ0n) is 11.6. The second-order valence-corrected chi connectivity index (χ2v) is 6.32. The fourth-order valence-electron chi connectivity index (χ4n) is 2.30. The van der Waals surface area contributed by atoms with E-state index in [1.807, 2.05) is 11.3 Å². The predicted molar refractivity (Wildman–Crippen MR) is 84.8 cm³/mol.